The van der Waals surface area contributed by atoms with Crippen LogP contribution < -0.4 is 19.8 Å². The number of fused-ring (bicyclic) bond motifs is 3. The molecule has 0 amide bonds. The maximum absolute atomic E-state index is 14.2. The SMILES string of the molecule is [2H]C([2H])(Oc1cc2n(c(=O)c1Cl)-c1cc(-n3ccc(C(C)(C)O)n3)ncc1OCCO2)c1ncc(F)cc1F. The van der Waals surface area contributed by atoms with Gasteiger partial charge in [-0.3, -0.25) is 9.78 Å². The Hall–Kier alpha value is -4.03. The maximum Gasteiger partial charge on any atom is 0.280 e. The first-order valence-electron chi connectivity index (χ1n) is 11.9. The molecule has 0 spiro atoms. The zero-order valence-electron chi connectivity index (χ0n) is 21.4. The summed E-state index contributed by atoms with van der Waals surface area (Å²) < 4.78 is 62.9. The van der Waals surface area contributed by atoms with Gasteiger partial charge in [-0.25, -0.2) is 23.0 Å². The maximum atomic E-state index is 14.2. The fraction of sp³-hybridized carbons (Fsp3) is 0.250. The van der Waals surface area contributed by atoms with Crippen LogP contribution in [0.4, 0.5) is 8.78 Å². The molecule has 0 atom stereocenters. The first kappa shape index (κ1) is 22.2. The normalized spacial score (nSPS) is 14.2. The zero-order chi connectivity index (χ0) is 28.1. The first-order valence-corrected chi connectivity index (χ1v) is 11.2. The number of hydrogen-bond acceptors (Lipinski definition) is 8. The molecule has 0 saturated heterocycles. The summed E-state index contributed by atoms with van der Waals surface area (Å²) in [7, 11) is 0. The minimum atomic E-state index is -2.93. The highest BCUT2D eigenvalue weighted by Crippen LogP contribution is 2.33. The Morgan fingerprint density at radius 1 is 1.22 bits per heavy atom. The van der Waals surface area contributed by atoms with E-state index in [0.29, 0.717) is 18.0 Å². The molecule has 0 saturated carbocycles. The van der Waals surface area contributed by atoms with Gasteiger partial charge in [0, 0.05) is 24.4 Å². The Morgan fingerprint density at radius 3 is 2.73 bits per heavy atom. The molecule has 1 aliphatic heterocycles. The fourth-order valence-electron chi connectivity index (χ4n) is 3.45. The van der Waals surface area contributed by atoms with Gasteiger partial charge in [-0.05, 0) is 19.9 Å². The van der Waals surface area contributed by atoms with Crippen LogP contribution in [0.15, 0.2) is 47.7 Å². The third-order valence-corrected chi connectivity index (χ3v) is 5.61. The lowest BCUT2D eigenvalue weighted by molar-refractivity contribution is 0.0734. The van der Waals surface area contributed by atoms with E-state index < -0.39 is 45.8 Å². The van der Waals surface area contributed by atoms with Gasteiger partial charge in [-0.2, -0.15) is 5.10 Å². The molecular formula is C24H20ClF2N5O5. The third kappa shape index (κ3) is 4.85. The number of rotatable bonds is 5. The molecule has 13 heteroatoms. The van der Waals surface area contributed by atoms with Crippen molar-refractivity contribution in [1.29, 1.82) is 0 Å². The topological polar surface area (TPSA) is 114 Å². The molecule has 5 heterocycles. The number of ether oxygens (including phenoxy) is 3. The summed E-state index contributed by atoms with van der Waals surface area (Å²) in [6.45, 7) is 0.317. The van der Waals surface area contributed by atoms with Gasteiger partial charge in [0.15, 0.2) is 17.4 Å². The highest BCUT2D eigenvalue weighted by Gasteiger charge is 2.24. The summed E-state index contributed by atoms with van der Waals surface area (Å²) in [6.07, 6.45) is 3.60. The average molecular weight is 534 g/mol. The van der Waals surface area contributed by atoms with Gasteiger partial charge in [0.05, 0.1) is 26.5 Å². The molecule has 1 aliphatic rings. The van der Waals surface area contributed by atoms with Gasteiger partial charge in [0.25, 0.3) is 5.56 Å². The standard InChI is InChI=1S/C24H20ClF2N5O5/c1-24(2,34)19-3-4-31(30-19)20-8-16-18(11-29-20)35-5-6-36-21-9-17(22(25)23(33)32(16)21)37-12-15-14(27)7-13(26)10-28-15/h3-4,7-11,34H,5-6,12H2,1-2H3/i12D2. The van der Waals surface area contributed by atoms with Gasteiger partial charge in [-0.1, -0.05) is 11.6 Å². The van der Waals surface area contributed by atoms with Crippen molar-refractivity contribution in [2.45, 2.75) is 26.0 Å². The Bertz CT molecular complexity index is 1640. The summed E-state index contributed by atoms with van der Waals surface area (Å²) in [4.78, 5) is 21.2. The molecule has 1 N–H and O–H groups in total. The van der Waals surface area contributed by atoms with E-state index in [0.717, 1.165) is 4.57 Å². The third-order valence-electron chi connectivity index (χ3n) is 5.26. The van der Waals surface area contributed by atoms with Crippen molar-refractivity contribution < 1.29 is 30.8 Å². The highest BCUT2D eigenvalue weighted by molar-refractivity contribution is 6.31. The van der Waals surface area contributed by atoms with Crippen molar-refractivity contribution in [2.24, 2.45) is 0 Å². The van der Waals surface area contributed by atoms with E-state index in [4.69, 9.17) is 28.6 Å². The number of nitrogens with zero attached hydrogens (tertiary/aromatic N) is 5. The molecule has 0 fully saturated rings. The van der Waals surface area contributed by atoms with Gasteiger partial charge in [0.2, 0.25) is 5.88 Å². The number of halogens is 3. The summed E-state index contributed by atoms with van der Waals surface area (Å²) >= 11 is 6.30. The first-order chi connectivity index (χ1) is 18.3. The molecule has 0 bridgehead atoms. The van der Waals surface area contributed by atoms with E-state index in [1.807, 2.05) is 0 Å². The van der Waals surface area contributed by atoms with Gasteiger partial charge in [-0.15, -0.1) is 0 Å². The summed E-state index contributed by atoms with van der Waals surface area (Å²) in [5, 5.41) is 14.0. The van der Waals surface area contributed by atoms with Crippen molar-refractivity contribution in [3.8, 4) is 28.9 Å². The van der Waals surface area contributed by atoms with Crippen molar-refractivity contribution in [3.05, 3.63) is 81.3 Å². The molecule has 5 rings (SSSR count). The molecule has 0 aliphatic carbocycles. The molecule has 0 aromatic carbocycles. The Morgan fingerprint density at radius 2 is 2.00 bits per heavy atom. The quantitative estimate of drug-likeness (QED) is 0.416. The van der Waals surface area contributed by atoms with Crippen LogP contribution in [0.25, 0.3) is 11.5 Å². The Kier molecular flexibility index (Phi) is 5.67. The fourth-order valence-corrected chi connectivity index (χ4v) is 3.63. The van der Waals surface area contributed by atoms with Crippen molar-refractivity contribution in [3.63, 3.8) is 0 Å². The van der Waals surface area contributed by atoms with Crippen LogP contribution >= 0.6 is 11.6 Å². The van der Waals surface area contributed by atoms with Gasteiger partial charge in [0.1, 0.15) is 47.7 Å². The van der Waals surface area contributed by atoms with Crippen LogP contribution in [0.5, 0.6) is 17.4 Å². The minimum absolute atomic E-state index is 0.00313. The van der Waals surface area contributed by atoms with E-state index in [1.54, 1.807) is 26.1 Å². The number of aliphatic hydroxyl groups is 1. The minimum Gasteiger partial charge on any atom is -0.486 e. The van der Waals surface area contributed by atoms with Gasteiger partial charge < -0.3 is 19.3 Å². The largest absolute Gasteiger partial charge is 0.486 e. The van der Waals surface area contributed by atoms with Gasteiger partial charge >= 0.3 is 0 Å². The monoisotopic (exact) mass is 533 g/mol. The van der Waals surface area contributed by atoms with Crippen LogP contribution in [0.2, 0.25) is 5.02 Å². The van der Waals surface area contributed by atoms with Crippen molar-refractivity contribution in [1.82, 2.24) is 24.3 Å². The lowest BCUT2D eigenvalue weighted by atomic mass is 10.1. The van der Waals surface area contributed by atoms with E-state index in [1.165, 1.54) is 23.0 Å². The summed E-state index contributed by atoms with van der Waals surface area (Å²) in [5.74, 6) is -2.33. The predicted molar refractivity (Wildman–Crippen MR) is 127 cm³/mol. The molecular weight excluding hydrogens is 512 g/mol. The van der Waals surface area contributed by atoms with Crippen molar-refractivity contribution in [2.75, 3.05) is 13.2 Å². The number of aromatic nitrogens is 5. The number of pyridine rings is 3. The van der Waals surface area contributed by atoms with E-state index in [2.05, 4.69) is 15.1 Å². The van der Waals surface area contributed by atoms with Crippen molar-refractivity contribution >= 4 is 11.6 Å². The molecule has 0 unspecified atom stereocenters. The molecule has 0 radical (unpaired) electrons. The molecule has 4 aromatic heterocycles. The van der Waals surface area contributed by atoms with Crippen LogP contribution in [-0.4, -0.2) is 42.6 Å². The highest BCUT2D eigenvalue weighted by atomic mass is 35.5. The molecule has 4 aromatic rings. The average Bonchev–Trinajstić information content (AvgIpc) is 3.35. The Balaban J connectivity index is 1.60. The smallest absolute Gasteiger partial charge is 0.280 e. The van der Waals surface area contributed by atoms with Crippen LogP contribution in [0.3, 0.4) is 0 Å². The van der Waals surface area contributed by atoms with Crippen LogP contribution in [0, 0.1) is 11.6 Å². The lowest BCUT2D eigenvalue weighted by Crippen LogP contribution is -2.26. The molecule has 192 valence electrons. The van der Waals surface area contributed by atoms with Crippen LogP contribution in [0.1, 0.15) is 28.0 Å². The van der Waals surface area contributed by atoms with E-state index in [9.17, 15) is 18.7 Å². The van der Waals surface area contributed by atoms with E-state index in [-0.39, 0.29) is 36.3 Å². The molecule has 37 heavy (non-hydrogen) atoms. The summed E-state index contributed by atoms with van der Waals surface area (Å²) in [5.41, 5.74) is -2.33. The van der Waals surface area contributed by atoms with Crippen LogP contribution in [-0.2, 0) is 12.2 Å². The second kappa shape index (κ2) is 9.45. The zero-order valence-corrected chi connectivity index (χ0v) is 20.2. The predicted octanol–water partition coefficient (Wildman–Crippen LogP) is 3.32. The summed E-state index contributed by atoms with van der Waals surface area (Å²) in [6, 6.07) is 4.73. The van der Waals surface area contributed by atoms with E-state index >= 15 is 0 Å². The second-order valence-electron chi connectivity index (χ2n) is 8.40. The lowest BCUT2D eigenvalue weighted by Gasteiger charge is -2.22. The second-order valence-corrected chi connectivity index (χ2v) is 8.78. The number of hydrogen-bond donors (Lipinski definition) is 1. The Labute approximate surface area is 216 Å². The molecule has 10 nitrogen and oxygen atoms in total.